The fraction of sp³-hybridized carbons (Fsp3) is 0.889. The van der Waals surface area contributed by atoms with Crippen molar-refractivity contribution in [3.05, 3.63) is 10.4 Å². The molecule has 0 unspecified atom stereocenters. The van der Waals surface area contributed by atoms with Crippen molar-refractivity contribution in [2.75, 3.05) is 12.4 Å². The van der Waals surface area contributed by atoms with Crippen LogP contribution < -0.4 is 5.32 Å². The van der Waals surface area contributed by atoms with E-state index in [1.165, 1.54) is 18.6 Å². The Balaban J connectivity index is 1.93. The van der Waals surface area contributed by atoms with Crippen molar-refractivity contribution >= 4 is 27.5 Å². The van der Waals surface area contributed by atoms with E-state index in [0.29, 0.717) is 6.42 Å². The Bertz CT molecular complexity index is 262. The van der Waals surface area contributed by atoms with Gasteiger partial charge in [-0.2, -0.15) is 0 Å². The summed E-state index contributed by atoms with van der Waals surface area (Å²) in [6, 6.07) is 0. The minimum atomic E-state index is -0.0270. The van der Waals surface area contributed by atoms with Gasteiger partial charge < -0.3 is 5.32 Å². The summed E-state index contributed by atoms with van der Waals surface area (Å²) in [5, 5.41) is 6.58. The van der Waals surface area contributed by atoms with E-state index in [4.69, 9.17) is 5.53 Å². The predicted molar refractivity (Wildman–Crippen MR) is 69.1 cm³/mol. The first-order chi connectivity index (χ1) is 7.83. The highest BCUT2D eigenvalue weighted by molar-refractivity contribution is 8.77. The van der Waals surface area contributed by atoms with Gasteiger partial charge in [0.05, 0.1) is 6.67 Å². The lowest BCUT2D eigenvalue weighted by atomic mass is 10.1. The number of hydrogen-bond acceptors (Lipinski definition) is 4. The zero-order valence-corrected chi connectivity index (χ0v) is 10.7. The molecule has 1 rings (SSSR count). The van der Waals surface area contributed by atoms with E-state index in [9.17, 15) is 4.79 Å². The van der Waals surface area contributed by atoms with Gasteiger partial charge >= 0.3 is 0 Å². The Hall–Kier alpha value is -0.520. The number of carbonyl (C=O) groups is 1. The molecule has 1 saturated heterocycles. The van der Waals surface area contributed by atoms with Crippen molar-refractivity contribution in [1.82, 2.24) is 5.32 Å². The minimum Gasteiger partial charge on any atom is -0.350 e. The van der Waals surface area contributed by atoms with Crippen LogP contribution >= 0.6 is 21.6 Å². The summed E-state index contributed by atoms with van der Waals surface area (Å²) in [6.45, 7) is 0.0600. The maximum atomic E-state index is 11.2. The molecule has 0 aromatic rings. The Kier molecular flexibility index (Phi) is 7.29. The number of hydrogen-bond donors (Lipinski definition) is 1. The van der Waals surface area contributed by atoms with Crippen LogP contribution in [0.1, 0.15) is 32.1 Å². The van der Waals surface area contributed by atoms with Crippen LogP contribution in [0.2, 0.25) is 0 Å². The van der Waals surface area contributed by atoms with Gasteiger partial charge in [-0.1, -0.05) is 33.1 Å². The number of amides is 1. The molecule has 1 N–H and O–H groups in total. The fourth-order valence-corrected chi connectivity index (χ4v) is 4.49. The standard InChI is InChI=1S/C9H16N4OS2/c10-13-12-7-11-9(14)4-2-1-3-8-5-6-15-16-8/h8H,1-7H2,(H,11,14)/t8-/m1/s1. The van der Waals surface area contributed by atoms with E-state index in [0.717, 1.165) is 18.1 Å². The molecule has 0 bridgehead atoms. The summed E-state index contributed by atoms with van der Waals surface area (Å²) in [5.74, 6) is 1.24. The van der Waals surface area contributed by atoms with Gasteiger partial charge in [-0.15, -0.1) is 0 Å². The highest BCUT2D eigenvalue weighted by Crippen LogP contribution is 2.39. The quantitative estimate of drug-likeness (QED) is 0.251. The van der Waals surface area contributed by atoms with E-state index < -0.39 is 0 Å². The normalized spacial score (nSPS) is 19.1. The Morgan fingerprint density at radius 3 is 3.12 bits per heavy atom. The van der Waals surface area contributed by atoms with Crippen LogP contribution in [-0.4, -0.2) is 23.6 Å². The molecule has 1 aliphatic heterocycles. The summed E-state index contributed by atoms with van der Waals surface area (Å²) >= 11 is 0. The molecule has 0 spiro atoms. The zero-order chi connectivity index (χ0) is 11.6. The molecule has 0 saturated carbocycles. The van der Waals surface area contributed by atoms with Crippen LogP contribution in [0.25, 0.3) is 10.4 Å². The Labute approximate surface area is 103 Å². The van der Waals surface area contributed by atoms with Gasteiger partial charge in [0.1, 0.15) is 0 Å². The summed E-state index contributed by atoms with van der Waals surface area (Å²) < 4.78 is 0. The molecule has 1 heterocycles. The van der Waals surface area contributed by atoms with Crippen molar-refractivity contribution in [3.8, 4) is 0 Å². The second-order valence-corrected chi connectivity index (χ2v) is 6.35. The van der Waals surface area contributed by atoms with Crippen molar-refractivity contribution in [1.29, 1.82) is 0 Å². The molecule has 90 valence electrons. The fourth-order valence-electron chi connectivity index (χ4n) is 1.47. The lowest BCUT2D eigenvalue weighted by Crippen LogP contribution is -2.22. The van der Waals surface area contributed by atoms with Crippen LogP contribution in [0.5, 0.6) is 0 Å². The van der Waals surface area contributed by atoms with Crippen LogP contribution in [0.15, 0.2) is 5.11 Å². The SMILES string of the molecule is [N-]=[N+]=NCNC(=O)CCCC[C@@H]1CCSS1. The molecule has 0 radical (unpaired) electrons. The second kappa shape index (κ2) is 8.61. The number of unbranched alkanes of at least 4 members (excludes halogenated alkanes) is 1. The Morgan fingerprint density at radius 2 is 2.44 bits per heavy atom. The lowest BCUT2D eigenvalue weighted by Gasteiger charge is -2.06. The van der Waals surface area contributed by atoms with E-state index in [1.807, 2.05) is 21.6 Å². The zero-order valence-electron chi connectivity index (χ0n) is 9.09. The first kappa shape index (κ1) is 13.5. The molecule has 0 aliphatic carbocycles. The van der Waals surface area contributed by atoms with E-state index in [-0.39, 0.29) is 12.6 Å². The van der Waals surface area contributed by atoms with Crippen LogP contribution in [0, 0.1) is 0 Å². The average molecular weight is 260 g/mol. The summed E-state index contributed by atoms with van der Waals surface area (Å²) in [4.78, 5) is 13.8. The third-order valence-corrected chi connectivity index (χ3v) is 5.32. The highest BCUT2D eigenvalue weighted by Gasteiger charge is 2.15. The van der Waals surface area contributed by atoms with E-state index in [1.54, 1.807) is 0 Å². The first-order valence-corrected chi connectivity index (χ1v) is 7.77. The van der Waals surface area contributed by atoms with Gasteiger partial charge in [-0.25, -0.2) is 0 Å². The van der Waals surface area contributed by atoms with Crippen molar-refractivity contribution in [3.63, 3.8) is 0 Å². The molecule has 1 fully saturated rings. The maximum Gasteiger partial charge on any atom is 0.220 e. The Morgan fingerprint density at radius 1 is 1.56 bits per heavy atom. The van der Waals surface area contributed by atoms with Gasteiger partial charge in [0, 0.05) is 22.3 Å². The first-order valence-electron chi connectivity index (χ1n) is 5.38. The number of rotatable bonds is 7. The van der Waals surface area contributed by atoms with Gasteiger partial charge in [0.2, 0.25) is 5.91 Å². The van der Waals surface area contributed by atoms with E-state index >= 15 is 0 Å². The summed E-state index contributed by atoms with van der Waals surface area (Å²) in [7, 11) is 3.93. The molecule has 7 heteroatoms. The average Bonchev–Trinajstić information content (AvgIpc) is 2.78. The topological polar surface area (TPSA) is 77.9 Å². The third-order valence-electron chi connectivity index (χ3n) is 2.32. The van der Waals surface area contributed by atoms with Crippen molar-refractivity contribution < 1.29 is 4.79 Å². The number of carbonyl (C=O) groups excluding carboxylic acids is 1. The third kappa shape index (κ3) is 6.15. The van der Waals surface area contributed by atoms with Crippen molar-refractivity contribution in [2.24, 2.45) is 5.11 Å². The molecule has 5 nitrogen and oxygen atoms in total. The molecule has 0 aromatic carbocycles. The van der Waals surface area contributed by atoms with Crippen LogP contribution in [0.3, 0.4) is 0 Å². The summed E-state index contributed by atoms with van der Waals surface area (Å²) in [6.07, 6.45) is 5.07. The van der Waals surface area contributed by atoms with Gasteiger partial charge in [0.15, 0.2) is 0 Å². The molecular weight excluding hydrogens is 244 g/mol. The largest absolute Gasteiger partial charge is 0.350 e. The van der Waals surface area contributed by atoms with Crippen LogP contribution in [0.4, 0.5) is 0 Å². The number of nitrogens with zero attached hydrogens (tertiary/aromatic N) is 3. The number of azide groups is 1. The smallest absolute Gasteiger partial charge is 0.220 e. The monoisotopic (exact) mass is 260 g/mol. The van der Waals surface area contributed by atoms with Gasteiger partial charge in [-0.3, -0.25) is 4.79 Å². The summed E-state index contributed by atoms with van der Waals surface area (Å²) in [5.41, 5.74) is 8.02. The molecule has 1 aliphatic rings. The molecule has 0 aromatic heterocycles. The maximum absolute atomic E-state index is 11.2. The van der Waals surface area contributed by atoms with Crippen LogP contribution in [-0.2, 0) is 4.79 Å². The van der Waals surface area contributed by atoms with Crippen molar-refractivity contribution in [2.45, 2.75) is 37.4 Å². The lowest BCUT2D eigenvalue weighted by molar-refractivity contribution is -0.121. The molecule has 1 amide bonds. The molecule has 16 heavy (non-hydrogen) atoms. The molecule has 1 atom stereocenters. The highest BCUT2D eigenvalue weighted by atomic mass is 33.1. The second-order valence-electron chi connectivity index (χ2n) is 3.56. The predicted octanol–water partition coefficient (Wildman–Crippen LogP) is 3.08. The minimum absolute atomic E-state index is 0.0270. The molecular formula is C9H16N4OS2. The van der Waals surface area contributed by atoms with Gasteiger partial charge in [-0.05, 0) is 24.8 Å². The van der Waals surface area contributed by atoms with Gasteiger partial charge in [0.25, 0.3) is 0 Å². The van der Waals surface area contributed by atoms with E-state index in [2.05, 4.69) is 15.3 Å². The number of nitrogens with one attached hydrogen (secondary N) is 1.